The molecular weight excluding hydrogens is 324 g/mol. The molecule has 0 bridgehead atoms. The smallest absolute Gasteiger partial charge is 0.302 e. The van der Waals surface area contributed by atoms with Crippen molar-refractivity contribution in [3.63, 3.8) is 0 Å². The van der Waals surface area contributed by atoms with Crippen LogP contribution in [0.5, 0.6) is 0 Å². The van der Waals surface area contributed by atoms with Gasteiger partial charge in [0.2, 0.25) is 0 Å². The lowest BCUT2D eigenvalue weighted by Gasteiger charge is -2.56. The molecule has 0 amide bonds. The molecule has 0 radical (unpaired) electrons. The molecule has 3 heteroatoms. The predicted molar refractivity (Wildman–Crippen MR) is 101 cm³/mol. The number of ketones is 1. The summed E-state index contributed by atoms with van der Waals surface area (Å²) in [5.74, 6) is 1.23. The molecule has 0 heterocycles. The Morgan fingerprint density at radius 1 is 1.12 bits per heavy atom. The van der Waals surface area contributed by atoms with E-state index in [2.05, 4.69) is 32.1 Å². The molecule has 0 saturated heterocycles. The number of hydrogen-bond donors (Lipinski definition) is 0. The Balaban J connectivity index is 1.61. The van der Waals surface area contributed by atoms with Gasteiger partial charge in [-0.25, -0.2) is 0 Å². The van der Waals surface area contributed by atoms with Crippen molar-refractivity contribution in [3.05, 3.63) is 34.9 Å². The molecule has 0 aliphatic heterocycles. The molecule has 4 aliphatic rings. The van der Waals surface area contributed by atoms with Gasteiger partial charge in [0.05, 0.1) is 0 Å². The van der Waals surface area contributed by atoms with Gasteiger partial charge in [0, 0.05) is 24.3 Å². The van der Waals surface area contributed by atoms with E-state index in [9.17, 15) is 9.59 Å². The van der Waals surface area contributed by atoms with Crippen molar-refractivity contribution in [3.8, 4) is 0 Å². The van der Waals surface area contributed by atoms with Crippen LogP contribution < -0.4 is 0 Å². The first-order valence-corrected chi connectivity index (χ1v) is 10.1. The molecular formula is C23H30O3. The summed E-state index contributed by atoms with van der Waals surface area (Å²) in [5, 5.41) is 0. The maximum Gasteiger partial charge on any atom is 0.302 e. The fourth-order valence-corrected chi connectivity index (χ4v) is 6.48. The average Bonchev–Trinajstić information content (AvgIpc) is 2.92. The number of allylic oxidation sites excluding steroid dienone is 5. The Hall–Kier alpha value is -1.64. The van der Waals surface area contributed by atoms with E-state index < -0.39 is 0 Å². The summed E-state index contributed by atoms with van der Waals surface area (Å²) in [6.45, 7) is 7.91. The van der Waals surface area contributed by atoms with Gasteiger partial charge in [-0.05, 0) is 56.3 Å². The van der Waals surface area contributed by atoms with Crippen molar-refractivity contribution in [2.45, 2.75) is 72.3 Å². The van der Waals surface area contributed by atoms with Crippen LogP contribution in [0.1, 0.15) is 66.2 Å². The number of Topliss-reactive ketones (excluding diaryl/α,β-unsaturated/α-hetero) is 1. The van der Waals surface area contributed by atoms with E-state index in [1.807, 2.05) is 0 Å². The standard InChI is InChI=1S/C23H30O3/c1-14(24)19-7-8-20-18-6-5-16-13-17(26-15(2)25)9-11-22(16,3)21(18)10-12-23(19,20)4/h5,7-8,17-18,21H,6,9-13H2,1-4H3/t17-,18+,21+,22-,23+/m0/s1. The second-order valence-corrected chi connectivity index (χ2v) is 9.20. The number of ether oxygens (including phenoxy) is 1. The largest absolute Gasteiger partial charge is 0.462 e. The van der Waals surface area contributed by atoms with Crippen LogP contribution in [0, 0.1) is 22.7 Å². The second kappa shape index (κ2) is 5.94. The van der Waals surface area contributed by atoms with Gasteiger partial charge in [-0.1, -0.05) is 43.2 Å². The second-order valence-electron chi connectivity index (χ2n) is 9.20. The van der Waals surface area contributed by atoms with Crippen molar-refractivity contribution in [1.82, 2.24) is 0 Å². The highest BCUT2D eigenvalue weighted by molar-refractivity contribution is 5.96. The molecule has 0 N–H and O–H groups in total. The van der Waals surface area contributed by atoms with Gasteiger partial charge in [0.15, 0.2) is 5.78 Å². The zero-order valence-electron chi connectivity index (χ0n) is 16.4. The first-order chi connectivity index (χ1) is 12.3. The summed E-state index contributed by atoms with van der Waals surface area (Å²) in [4.78, 5) is 23.5. The normalized spacial score (nSPS) is 41.1. The topological polar surface area (TPSA) is 43.4 Å². The minimum atomic E-state index is -0.166. The van der Waals surface area contributed by atoms with E-state index in [1.54, 1.807) is 6.92 Å². The highest BCUT2D eigenvalue weighted by Crippen LogP contribution is 2.63. The van der Waals surface area contributed by atoms with Gasteiger partial charge >= 0.3 is 5.97 Å². The molecule has 0 aromatic rings. The molecule has 26 heavy (non-hydrogen) atoms. The molecule has 0 unspecified atom stereocenters. The van der Waals surface area contributed by atoms with E-state index in [0.29, 0.717) is 11.8 Å². The lowest BCUT2D eigenvalue weighted by atomic mass is 9.49. The Bertz CT molecular complexity index is 755. The third-order valence-electron chi connectivity index (χ3n) is 7.82. The highest BCUT2D eigenvalue weighted by Gasteiger charge is 2.54. The van der Waals surface area contributed by atoms with Crippen LogP contribution in [-0.2, 0) is 14.3 Å². The molecule has 2 saturated carbocycles. The van der Waals surface area contributed by atoms with Crippen LogP contribution in [0.3, 0.4) is 0 Å². The van der Waals surface area contributed by atoms with Gasteiger partial charge in [-0.2, -0.15) is 0 Å². The molecule has 140 valence electrons. The number of carbonyl (C=O) groups is 2. The van der Waals surface area contributed by atoms with E-state index in [1.165, 1.54) is 24.5 Å². The minimum Gasteiger partial charge on any atom is -0.462 e. The van der Waals surface area contributed by atoms with Crippen molar-refractivity contribution in [2.24, 2.45) is 22.7 Å². The van der Waals surface area contributed by atoms with Crippen LogP contribution in [0.4, 0.5) is 0 Å². The third kappa shape index (κ3) is 2.46. The van der Waals surface area contributed by atoms with Crippen molar-refractivity contribution >= 4 is 11.8 Å². The summed E-state index contributed by atoms with van der Waals surface area (Å²) in [6, 6.07) is 0. The van der Waals surface area contributed by atoms with Crippen molar-refractivity contribution in [2.75, 3.05) is 0 Å². The van der Waals surface area contributed by atoms with Crippen molar-refractivity contribution in [1.29, 1.82) is 0 Å². The molecule has 0 spiro atoms. The fraction of sp³-hybridized carbons (Fsp3) is 0.652. The maximum atomic E-state index is 12.1. The number of hydrogen-bond acceptors (Lipinski definition) is 3. The summed E-state index contributed by atoms with van der Waals surface area (Å²) >= 11 is 0. The van der Waals surface area contributed by atoms with Gasteiger partial charge in [-0.15, -0.1) is 0 Å². The first kappa shape index (κ1) is 17.8. The van der Waals surface area contributed by atoms with Crippen LogP contribution in [0.15, 0.2) is 34.9 Å². The third-order valence-corrected chi connectivity index (χ3v) is 7.82. The zero-order valence-corrected chi connectivity index (χ0v) is 16.4. The molecule has 3 nitrogen and oxygen atoms in total. The highest BCUT2D eigenvalue weighted by atomic mass is 16.5. The maximum absolute atomic E-state index is 12.1. The minimum absolute atomic E-state index is 0.0499. The molecule has 5 atom stereocenters. The van der Waals surface area contributed by atoms with Gasteiger partial charge < -0.3 is 4.74 Å². The van der Waals surface area contributed by atoms with Gasteiger partial charge in [0.1, 0.15) is 6.10 Å². The molecule has 4 aliphatic carbocycles. The number of fused-ring (bicyclic) bond motifs is 5. The van der Waals surface area contributed by atoms with E-state index in [4.69, 9.17) is 4.74 Å². The predicted octanol–water partition coefficient (Wildman–Crippen LogP) is 4.93. The van der Waals surface area contributed by atoms with Crippen LogP contribution in [-0.4, -0.2) is 17.9 Å². The van der Waals surface area contributed by atoms with E-state index in [0.717, 1.165) is 37.7 Å². The summed E-state index contributed by atoms with van der Waals surface area (Å²) in [7, 11) is 0. The average molecular weight is 354 g/mol. The Kier molecular flexibility index (Phi) is 4.05. The SMILES string of the molecule is CC(=O)O[C@H]1CC[C@@]2(C)C(=CC[C@@H]3C4=CC=C(C(C)=O)[C@@]4(C)CC[C@H]32)C1. The Morgan fingerprint density at radius 3 is 2.58 bits per heavy atom. The molecule has 4 rings (SSSR count). The summed E-state index contributed by atoms with van der Waals surface area (Å²) in [6.07, 6.45) is 13.1. The first-order valence-electron chi connectivity index (χ1n) is 10.1. The number of rotatable bonds is 2. The van der Waals surface area contributed by atoms with Crippen molar-refractivity contribution < 1.29 is 14.3 Å². The molecule has 0 aromatic carbocycles. The number of esters is 1. The lowest BCUT2D eigenvalue weighted by Crippen LogP contribution is -2.47. The zero-order chi connectivity index (χ0) is 18.7. The van der Waals surface area contributed by atoms with E-state index in [-0.39, 0.29) is 28.7 Å². The summed E-state index contributed by atoms with van der Waals surface area (Å²) < 4.78 is 5.51. The lowest BCUT2D eigenvalue weighted by molar-refractivity contribution is -0.148. The monoisotopic (exact) mass is 354 g/mol. The fourth-order valence-electron chi connectivity index (χ4n) is 6.48. The van der Waals surface area contributed by atoms with Crippen LogP contribution in [0.2, 0.25) is 0 Å². The van der Waals surface area contributed by atoms with Crippen LogP contribution in [0.25, 0.3) is 0 Å². The van der Waals surface area contributed by atoms with Crippen LogP contribution >= 0.6 is 0 Å². The molecule has 0 aromatic heterocycles. The quantitative estimate of drug-likeness (QED) is 0.522. The molecule has 2 fully saturated rings. The number of carbonyl (C=O) groups excluding carboxylic acids is 2. The van der Waals surface area contributed by atoms with Gasteiger partial charge in [-0.3, -0.25) is 9.59 Å². The summed E-state index contributed by atoms with van der Waals surface area (Å²) in [5.41, 5.74) is 4.14. The van der Waals surface area contributed by atoms with Gasteiger partial charge in [0.25, 0.3) is 0 Å². The Labute approximate surface area is 156 Å². The Morgan fingerprint density at radius 2 is 1.88 bits per heavy atom. The van der Waals surface area contributed by atoms with E-state index >= 15 is 0 Å².